The van der Waals surface area contributed by atoms with Gasteiger partial charge in [0.2, 0.25) is 0 Å². The number of nitrogens with two attached hydrogens (primary N) is 1. The van der Waals surface area contributed by atoms with Crippen LogP contribution in [0.2, 0.25) is 0 Å². The van der Waals surface area contributed by atoms with Crippen molar-refractivity contribution >= 4 is 17.1 Å². The summed E-state index contributed by atoms with van der Waals surface area (Å²) in [4.78, 5) is 0. The maximum absolute atomic E-state index is 6.14. The van der Waals surface area contributed by atoms with E-state index >= 15 is 0 Å². The second-order valence-electron chi connectivity index (χ2n) is 4.81. The average Bonchev–Trinajstić information content (AvgIpc) is 2.69. The summed E-state index contributed by atoms with van der Waals surface area (Å²) in [6.07, 6.45) is 1.46. The van der Waals surface area contributed by atoms with Crippen LogP contribution in [0.25, 0.3) is 0 Å². The SMILES string of the molecule is CCC(C)C1Nc2cc(C)c(C)c(N)c2N1.[HH]. The Kier molecular flexibility index (Phi) is 2.70. The summed E-state index contributed by atoms with van der Waals surface area (Å²) >= 11 is 0. The van der Waals surface area contributed by atoms with Crippen LogP contribution in [0.5, 0.6) is 0 Å². The molecule has 4 N–H and O–H groups in total. The summed E-state index contributed by atoms with van der Waals surface area (Å²) in [5, 5.41) is 6.99. The van der Waals surface area contributed by atoms with E-state index in [1.54, 1.807) is 0 Å². The van der Waals surface area contributed by atoms with E-state index in [1.807, 2.05) is 0 Å². The Morgan fingerprint density at radius 3 is 2.75 bits per heavy atom. The second-order valence-corrected chi connectivity index (χ2v) is 4.81. The normalized spacial score (nSPS) is 19.9. The number of rotatable bonds is 2. The summed E-state index contributed by atoms with van der Waals surface area (Å²) in [7, 11) is 0. The molecule has 1 aliphatic rings. The van der Waals surface area contributed by atoms with Crippen LogP contribution in [0.1, 0.15) is 32.8 Å². The number of nitrogens with one attached hydrogen (secondary N) is 2. The van der Waals surface area contributed by atoms with Gasteiger partial charge in [0.1, 0.15) is 0 Å². The van der Waals surface area contributed by atoms with Gasteiger partial charge >= 0.3 is 0 Å². The lowest BCUT2D eigenvalue weighted by Gasteiger charge is -2.18. The summed E-state index contributed by atoms with van der Waals surface area (Å²) in [5.41, 5.74) is 11.7. The lowest BCUT2D eigenvalue weighted by molar-refractivity contribution is 0.511. The molecule has 2 unspecified atom stereocenters. The minimum absolute atomic E-state index is 0. The van der Waals surface area contributed by atoms with Crippen molar-refractivity contribution in [2.45, 2.75) is 40.3 Å². The van der Waals surface area contributed by atoms with Crippen LogP contribution in [0.4, 0.5) is 17.1 Å². The van der Waals surface area contributed by atoms with E-state index in [0.29, 0.717) is 12.1 Å². The number of hydrogen-bond donors (Lipinski definition) is 3. The highest BCUT2D eigenvalue weighted by Gasteiger charge is 2.26. The average molecular weight is 221 g/mol. The Balaban J connectivity index is 0.00000144. The molecule has 0 saturated heterocycles. The molecule has 1 aliphatic heterocycles. The van der Waals surface area contributed by atoms with E-state index in [1.165, 1.54) is 11.1 Å². The van der Waals surface area contributed by atoms with Crippen molar-refractivity contribution in [1.82, 2.24) is 0 Å². The highest BCUT2D eigenvalue weighted by molar-refractivity contribution is 5.88. The topological polar surface area (TPSA) is 50.1 Å². The molecule has 0 aliphatic carbocycles. The van der Waals surface area contributed by atoms with Gasteiger partial charge in [-0.25, -0.2) is 0 Å². The summed E-state index contributed by atoms with van der Waals surface area (Å²) in [6.45, 7) is 8.62. The molecular weight excluding hydrogens is 198 g/mol. The van der Waals surface area contributed by atoms with Crippen molar-refractivity contribution in [1.29, 1.82) is 0 Å². The van der Waals surface area contributed by atoms with Gasteiger partial charge in [0.05, 0.1) is 23.2 Å². The van der Waals surface area contributed by atoms with Crippen molar-refractivity contribution in [3.63, 3.8) is 0 Å². The minimum atomic E-state index is 0. The Hall–Kier alpha value is -1.38. The fourth-order valence-corrected chi connectivity index (χ4v) is 2.09. The molecule has 1 aromatic rings. The molecule has 0 radical (unpaired) electrons. The predicted octanol–water partition coefficient (Wildman–Crippen LogP) is 3.34. The Morgan fingerprint density at radius 1 is 1.44 bits per heavy atom. The molecule has 2 atom stereocenters. The summed E-state index contributed by atoms with van der Waals surface area (Å²) < 4.78 is 0. The standard InChI is InChI=1S/C13H21N3.H2/c1-5-7(2)13-15-10-6-8(3)9(4)11(14)12(10)16-13;/h6-7,13,15-16H,5,14H2,1-4H3;1H. The lowest BCUT2D eigenvalue weighted by atomic mass is 10.1. The van der Waals surface area contributed by atoms with Crippen molar-refractivity contribution < 1.29 is 1.43 Å². The number of hydrogen-bond acceptors (Lipinski definition) is 3. The van der Waals surface area contributed by atoms with Crippen LogP contribution in [-0.2, 0) is 0 Å². The Morgan fingerprint density at radius 2 is 2.12 bits per heavy atom. The molecule has 0 amide bonds. The molecule has 3 nitrogen and oxygen atoms in total. The molecule has 90 valence electrons. The smallest absolute Gasteiger partial charge is 0.0991 e. The molecule has 0 bridgehead atoms. The third-order valence-corrected chi connectivity index (χ3v) is 3.72. The zero-order valence-corrected chi connectivity index (χ0v) is 10.5. The quantitative estimate of drug-likeness (QED) is 0.671. The third kappa shape index (κ3) is 1.60. The minimum Gasteiger partial charge on any atom is -0.397 e. The fraction of sp³-hybridized carbons (Fsp3) is 0.538. The highest BCUT2D eigenvalue weighted by atomic mass is 15.2. The van der Waals surface area contributed by atoms with Crippen molar-refractivity contribution in [3.05, 3.63) is 17.2 Å². The van der Waals surface area contributed by atoms with E-state index in [-0.39, 0.29) is 1.43 Å². The van der Waals surface area contributed by atoms with Crippen molar-refractivity contribution in [3.8, 4) is 0 Å². The molecular formula is C13H23N3. The summed E-state index contributed by atoms with van der Waals surface area (Å²) in [5.74, 6) is 0.590. The van der Waals surface area contributed by atoms with E-state index in [4.69, 9.17) is 5.73 Å². The molecule has 2 rings (SSSR count). The van der Waals surface area contributed by atoms with E-state index in [9.17, 15) is 0 Å². The van der Waals surface area contributed by atoms with E-state index in [2.05, 4.69) is 44.4 Å². The summed E-state index contributed by atoms with van der Waals surface area (Å²) in [6, 6.07) is 2.18. The molecule has 0 saturated carbocycles. The monoisotopic (exact) mass is 221 g/mol. The van der Waals surface area contributed by atoms with Crippen LogP contribution < -0.4 is 16.4 Å². The lowest BCUT2D eigenvalue weighted by Crippen LogP contribution is -2.29. The van der Waals surface area contributed by atoms with E-state index < -0.39 is 0 Å². The largest absolute Gasteiger partial charge is 0.397 e. The van der Waals surface area contributed by atoms with Gasteiger partial charge in [0.25, 0.3) is 0 Å². The van der Waals surface area contributed by atoms with Gasteiger partial charge in [-0.1, -0.05) is 13.8 Å². The van der Waals surface area contributed by atoms with Gasteiger partial charge in [0.15, 0.2) is 0 Å². The van der Waals surface area contributed by atoms with Crippen molar-refractivity contribution in [2.24, 2.45) is 5.92 Å². The number of fused-ring (bicyclic) bond motifs is 1. The van der Waals surface area contributed by atoms with Gasteiger partial charge in [-0.2, -0.15) is 0 Å². The zero-order chi connectivity index (χ0) is 11.9. The molecule has 16 heavy (non-hydrogen) atoms. The van der Waals surface area contributed by atoms with Crippen LogP contribution >= 0.6 is 0 Å². The Labute approximate surface area is 98.9 Å². The number of benzene rings is 1. The predicted molar refractivity (Wildman–Crippen MR) is 72.9 cm³/mol. The van der Waals surface area contributed by atoms with Gasteiger partial charge < -0.3 is 16.4 Å². The second kappa shape index (κ2) is 3.89. The molecule has 1 heterocycles. The highest BCUT2D eigenvalue weighted by Crippen LogP contribution is 2.39. The van der Waals surface area contributed by atoms with E-state index in [0.717, 1.165) is 23.5 Å². The number of aryl methyl sites for hydroxylation is 1. The maximum atomic E-state index is 6.14. The molecule has 3 heteroatoms. The first-order valence-electron chi connectivity index (χ1n) is 5.97. The first kappa shape index (κ1) is 11.1. The van der Waals surface area contributed by atoms with Crippen LogP contribution in [0.3, 0.4) is 0 Å². The van der Waals surface area contributed by atoms with Crippen LogP contribution in [0, 0.1) is 19.8 Å². The van der Waals surface area contributed by atoms with Gasteiger partial charge in [-0.15, -0.1) is 0 Å². The first-order valence-corrected chi connectivity index (χ1v) is 5.97. The Bertz CT molecular complexity index is 418. The van der Waals surface area contributed by atoms with Gasteiger partial charge in [0, 0.05) is 1.43 Å². The molecule has 0 aromatic heterocycles. The molecule has 0 spiro atoms. The fourth-order valence-electron chi connectivity index (χ4n) is 2.09. The van der Waals surface area contributed by atoms with Crippen molar-refractivity contribution in [2.75, 3.05) is 16.4 Å². The maximum Gasteiger partial charge on any atom is 0.0991 e. The first-order chi connectivity index (χ1) is 7.54. The van der Waals surface area contributed by atoms with Crippen LogP contribution in [-0.4, -0.2) is 6.17 Å². The number of nitrogen functional groups attached to an aromatic ring is 1. The molecule has 1 aromatic carbocycles. The van der Waals surface area contributed by atoms with Gasteiger partial charge in [-0.05, 0) is 43.4 Å². The van der Waals surface area contributed by atoms with Crippen LogP contribution in [0.15, 0.2) is 6.07 Å². The third-order valence-electron chi connectivity index (χ3n) is 3.72. The number of anilines is 3. The zero-order valence-electron chi connectivity index (χ0n) is 10.5. The molecule has 0 fully saturated rings. The van der Waals surface area contributed by atoms with Gasteiger partial charge in [-0.3, -0.25) is 0 Å².